The number of carbonyl (C=O) groups excluding carboxylic acids is 2. The van der Waals surface area contributed by atoms with E-state index in [2.05, 4.69) is 20.3 Å². The van der Waals surface area contributed by atoms with Crippen molar-refractivity contribution in [2.24, 2.45) is 0 Å². The number of rotatable bonds is 3. The van der Waals surface area contributed by atoms with Gasteiger partial charge in [-0.1, -0.05) is 29.0 Å². The Morgan fingerprint density at radius 3 is 2.93 bits per heavy atom. The number of aromatic nitrogens is 3. The van der Waals surface area contributed by atoms with Gasteiger partial charge in [0.25, 0.3) is 11.8 Å². The van der Waals surface area contributed by atoms with Crippen molar-refractivity contribution >= 4 is 39.9 Å². The van der Waals surface area contributed by atoms with Crippen LogP contribution in [0.25, 0.3) is 0 Å². The van der Waals surface area contributed by atoms with Gasteiger partial charge in [0.2, 0.25) is 0 Å². The standard InChI is InChI=1S/C18H14ClN5O2S/c19-12-3-1-2-11(8-12)17(26)24-7-4-13-15(10-24)27-18(22-13)23-16(25)14-9-20-5-6-21-14/h1-3,5-6,8-9H,4,7,10H2,(H,22,23,25). The third kappa shape index (κ3) is 3.81. The molecule has 0 aliphatic carbocycles. The largest absolute Gasteiger partial charge is 0.333 e. The Kier molecular flexibility index (Phi) is 4.83. The molecule has 3 aromatic rings. The van der Waals surface area contributed by atoms with Crippen molar-refractivity contribution in [3.8, 4) is 0 Å². The smallest absolute Gasteiger partial charge is 0.277 e. The zero-order chi connectivity index (χ0) is 18.8. The van der Waals surface area contributed by atoms with E-state index in [-0.39, 0.29) is 17.5 Å². The number of nitrogens with one attached hydrogen (secondary N) is 1. The van der Waals surface area contributed by atoms with E-state index in [0.717, 1.165) is 10.6 Å². The van der Waals surface area contributed by atoms with Crippen LogP contribution in [0.1, 0.15) is 31.4 Å². The molecule has 1 aliphatic heterocycles. The molecule has 1 aliphatic rings. The molecule has 0 unspecified atom stereocenters. The fourth-order valence-corrected chi connectivity index (χ4v) is 4.01. The first kappa shape index (κ1) is 17.6. The molecule has 1 aromatic carbocycles. The molecule has 0 bridgehead atoms. The quantitative estimate of drug-likeness (QED) is 0.731. The topological polar surface area (TPSA) is 88.1 Å². The maximum Gasteiger partial charge on any atom is 0.277 e. The molecule has 2 amide bonds. The first-order valence-corrected chi connectivity index (χ1v) is 9.40. The van der Waals surface area contributed by atoms with Crippen LogP contribution in [0.5, 0.6) is 0 Å². The van der Waals surface area contributed by atoms with Crippen molar-refractivity contribution in [2.75, 3.05) is 11.9 Å². The van der Waals surface area contributed by atoms with E-state index in [0.29, 0.717) is 35.2 Å². The van der Waals surface area contributed by atoms with E-state index in [9.17, 15) is 9.59 Å². The third-order valence-corrected chi connectivity index (χ3v) is 5.34. The van der Waals surface area contributed by atoms with E-state index in [1.54, 1.807) is 29.2 Å². The maximum atomic E-state index is 12.7. The van der Waals surface area contributed by atoms with Gasteiger partial charge < -0.3 is 4.90 Å². The second-order valence-electron chi connectivity index (χ2n) is 5.92. The van der Waals surface area contributed by atoms with E-state index in [1.807, 2.05) is 0 Å². The number of benzene rings is 1. The van der Waals surface area contributed by atoms with Gasteiger partial charge in [0.15, 0.2) is 5.13 Å². The van der Waals surface area contributed by atoms with Crippen molar-refractivity contribution in [2.45, 2.75) is 13.0 Å². The lowest BCUT2D eigenvalue weighted by atomic mass is 10.1. The lowest BCUT2D eigenvalue weighted by Crippen LogP contribution is -2.35. The number of carbonyl (C=O) groups is 2. The highest BCUT2D eigenvalue weighted by Crippen LogP contribution is 2.29. The van der Waals surface area contributed by atoms with E-state index in [1.165, 1.54) is 29.9 Å². The summed E-state index contributed by atoms with van der Waals surface area (Å²) in [6, 6.07) is 6.92. The Bertz CT molecular complexity index is 1010. The molecule has 1 N–H and O–H groups in total. The first-order valence-electron chi connectivity index (χ1n) is 8.21. The van der Waals surface area contributed by atoms with Crippen molar-refractivity contribution in [1.29, 1.82) is 0 Å². The SMILES string of the molecule is O=C(Nc1nc2c(s1)CN(C(=O)c1cccc(Cl)c1)CC2)c1cnccn1. The molecule has 0 spiro atoms. The van der Waals surface area contributed by atoms with Crippen LogP contribution < -0.4 is 5.32 Å². The number of nitrogens with zero attached hydrogens (tertiary/aromatic N) is 4. The van der Waals surface area contributed by atoms with Crippen LogP contribution in [0, 0.1) is 0 Å². The van der Waals surface area contributed by atoms with Crippen molar-refractivity contribution in [3.05, 3.63) is 69.7 Å². The number of amides is 2. The van der Waals surface area contributed by atoms with Gasteiger partial charge in [0, 0.05) is 40.8 Å². The average molecular weight is 400 g/mol. The summed E-state index contributed by atoms with van der Waals surface area (Å²) >= 11 is 7.35. The molecule has 0 atom stereocenters. The van der Waals surface area contributed by atoms with Gasteiger partial charge in [-0.2, -0.15) is 0 Å². The van der Waals surface area contributed by atoms with Gasteiger partial charge in [-0.05, 0) is 18.2 Å². The van der Waals surface area contributed by atoms with Gasteiger partial charge in [0.1, 0.15) is 5.69 Å². The number of anilines is 1. The van der Waals surface area contributed by atoms with Crippen molar-refractivity contribution in [1.82, 2.24) is 19.9 Å². The fourth-order valence-electron chi connectivity index (χ4n) is 2.80. The lowest BCUT2D eigenvalue weighted by molar-refractivity contribution is 0.0736. The number of fused-ring (bicyclic) bond motifs is 1. The summed E-state index contributed by atoms with van der Waals surface area (Å²) in [5, 5.41) is 3.77. The number of halogens is 1. The summed E-state index contributed by atoms with van der Waals surface area (Å²) in [7, 11) is 0. The second-order valence-corrected chi connectivity index (χ2v) is 7.44. The molecule has 0 saturated carbocycles. The molecular weight excluding hydrogens is 386 g/mol. The Hall–Kier alpha value is -2.84. The molecule has 0 fully saturated rings. The molecule has 7 nitrogen and oxygen atoms in total. The third-order valence-electron chi connectivity index (χ3n) is 4.11. The van der Waals surface area contributed by atoms with Crippen molar-refractivity contribution < 1.29 is 9.59 Å². The van der Waals surface area contributed by atoms with Gasteiger partial charge in [0.05, 0.1) is 18.4 Å². The zero-order valence-corrected chi connectivity index (χ0v) is 15.6. The van der Waals surface area contributed by atoms with Gasteiger partial charge in [-0.25, -0.2) is 9.97 Å². The lowest BCUT2D eigenvalue weighted by Gasteiger charge is -2.26. The van der Waals surface area contributed by atoms with E-state index < -0.39 is 0 Å². The first-order chi connectivity index (χ1) is 13.1. The van der Waals surface area contributed by atoms with Crippen LogP contribution in [0.15, 0.2) is 42.9 Å². The monoisotopic (exact) mass is 399 g/mol. The maximum absolute atomic E-state index is 12.7. The highest BCUT2D eigenvalue weighted by Gasteiger charge is 2.25. The highest BCUT2D eigenvalue weighted by molar-refractivity contribution is 7.15. The Labute approximate surface area is 164 Å². The summed E-state index contributed by atoms with van der Waals surface area (Å²) in [6.45, 7) is 1.03. The van der Waals surface area contributed by atoms with Gasteiger partial charge in [-0.15, -0.1) is 0 Å². The summed E-state index contributed by atoms with van der Waals surface area (Å²) in [5.74, 6) is -0.428. The van der Waals surface area contributed by atoms with Crippen LogP contribution >= 0.6 is 22.9 Å². The Morgan fingerprint density at radius 1 is 1.26 bits per heavy atom. The minimum absolute atomic E-state index is 0.0679. The van der Waals surface area contributed by atoms with Crippen LogP contribution in [-0.2, 0) is 13.0 Å². The van der Waals surface area contributed by atoms with Crippen molar-refractivity contribution in [3.63, 3.8) is 0 Å². The molecule has 3 heterocycles. The Morgan fingerprint density at radius 2 is 2.15 bits per heavy atom. The number of thiazole rings is 1. The van der Waals surface area contributed by atoms with Crippen LogP contribution in [0.4, 0.5) is 5.13 Å². The normalized spacial score (nSPS) is 13.1. The molecule has 0 saturated heterocycles. The van der Waals surface area contributed by atoms with Crippen LogP contribution in [0.2, 0.25) is 5.02 Å². The van der Waals surface area contributed by atoms with Crippen LogP contribution in [-0.4, -0.2) is 38.2 Å². The zero-order valence-electron chi connectivity index (χ0n) is 14.1. The molecule has 0 radical (unpaired) electrons. The summed E-state index contributed by atoms with van der Waals surface area (Å²) in [5.41, 5.74) is 1.69. The molecule has 27 heavy (non-hydrogen) atoms. The second kappa shape index (κ2) is 7.42. The fraction of sp³-hybridized carbons (Fsp3) is 0.167. The molecule has 4 rings (SSSR count). The molecular formula is C18H14ClN5O2S. The summed E-state index contributed by atoms with van der Waals surface area (Å²) in [6.07, 6.45) is 5.00. The predicted molar refractivity (Wildman–Crippen MR) is 102 cm³/mol. The van der Waals surface area contributed by atoms with E-state index >= 15 is 0 Å². The van der Waals surface area contributed by atoms with Crippen LogP contribution in [0.3, 0.4) is 0 Å². The highest BCUT2D eigenvalue weighted by atomic mass is 35.5. The minimum atomic E-state index is -0.360. The average Bonchev–Trinajstić information content (AvgIpc) is 3.09. The summed E-state index contributed by atoms with van der Waals surface area (Å²) in [4.78, 5) is 39.9. The minimum Gasteiger partial charge on any atom is -0.333 e. The Balaban J connectivity index is 1.47. The molecule has 9 heteroatoms. The number of hydrogen-bond donors (Lipinski definition) is 1. The van der Waals surface area contributed by atoms with E-state index in [4.69, 9.17) is 11.6 Å². The number of hydrogen-bond acceptors (Lipinski definition) is 6. The molecule has 2 aromatic heterocycles. The molecule has 136 valence electrons. The summed E-state index contributed by atoms with van der Waals surface area (Å²) < 4.78 is 0. The predicted octanol–water partition coefficient (Wildman–Crippen LogP) is 3.04. The van der Waals surface area contributed by atoms with Gasteiger partial charge in [-0.3, -0.25) is 19.9 Å². The van der Waals surface area contributed by atoms with Gasteiger partial charge >= 0.3 is 0 Å².